The van der Waals surface area contributed by atoms with Crippen molar-refractivity contribution >= 4 is 16.8 Å². The van der Waals surface area contributed by atoms with Crippen molar-refractivity contribution in [3.63, 3.8) is 0 Å². The highest BCUT2D eigenvalue weighted by atomic mass is 32.2. The summed E-state index contributed by atoms with van der Waals surface area (Å²) in [6, 6.07) is 7.48. The zero-order valence-electron chi connectivity index (χ0n) is 13.3. The summed E-state index contributed by atoms with van der Waals surface area (Å²) in [7, 11) is -0.0293. The highest BCUT2D eigenvalue weighted by molar-refractivity contribution is 7.85. The molecule has 0 aromatic heterocycles. The van der Waals surface area contributed by atoms with Crippen LogP contribution >= 0.6 is 0 Å². The fraction of sp³-hybridized carbons (Fsp3) is 0.562. The first kappa shape index (κ1) is 17.1. The normalized spacial score (nSPS) is 21.1. The SMILES string of the molecule is COC(=O)C(c1ccc(C2COC(C)(C)OC2)cc1)S(C)=O. The Bertz CT molecular complexity index is 542. The summed E-state index contributed by atoms with van der Waals surface area (Å²) in [5.41, 5.74) is 1.76. The van der Waals surface area contributed by atoms with E-state index in [2.05, 4.69) is 0 Å². The predicted molar refractivity (Wildman–Crippen MR) is 84.0 cm³/mol. The van der Waals surface area contributed by atoms with Crippen molar-refractivity contribution in [3.8, 4) is 0 Å². The third kappa shape index (κ3) is 3.94. The van der Waals surface area contributed by atoms with E-state index in [0.717, 1.165) is 5.56 Å². The minimum absolute atomic E-state index is 0.158. The minimum atomic E-state index is -1.33. The Hall–Kier alpha value is -1.24. The van der Waals surface area contributed by atoms with Crippen LogP contribution in [0.4, 0.5) is 0 Å². The molecule has 1 aromatic rings. The molecule has 0 bridgehead atoms. The number of hydrogen-bond acceptors (Lipinski definition) is 5. The van der Waals surface area contributed by atoms with E-state index in [1.807, 2.05) is 38.1 Å². The minimum Gasteiger partial charge on any atom is -0.468 e. The van der Waals surface area contributed by atoms with Crippen molar-refractivity contribution in [2.45, 2.75) is 30.8 Å². The number of esters is 1. The third-order valence-electron chi connectivity index (χ3n) is 3.72. The van der Waals surface area contributed by atoms with Gasteiger partial charge in [0.05, 0.1) is 20.3 Å². The number of ether oxygens (including phenoxy) is 3. The highest BCUT2D eigenvalue weighted by Crippen LogP contribution is 2.29. The molecular weight excluding hydrogens is 304 g/mol. The Balaban J connectivity index is 2.13. The van der Waals surface area contributed by atoms with Gasteiger partial charge in [-0.15, -0.1) is 0 Å². The summed E-state index contributed by atoms with van der Waals surface area (Å²) in [5.74, 6) is -0.864. The van der Waals surface area contributed by atoms with Crippen LogP contribution in [0.15, 0.2) is 24.3 Å². The van der Waals surface area contributed by atoms with Gasteiger partial charge < -0.3 is 14.2 Å². The van der Waals surface area contributed by atoms with Crippen LogP contribution in [-0.4, -0.2) is 42.5 Å². The lowest BCUT2D eigenvalue weighted by atomic mass is 9.97. The van der Waals surface area contributed by atoms with Crippen LogP contribution in [0.2, 0.25) is 0 Å². The molecule has 1 aliphatic rings. The summed E-state index contributed by atoms with van der Waals surface area (Å²) in [5, 5.41) is -0.753. The number of rotatable bonds is 4. The molecule has 122 valence electrons. The molecule has 2 atom stereocenters. The van der Waals surface area contributed by atoms with E-state index in [-0.39, 0.29) is 5.92 Å². The molecule has 0 N–H and O–H groups in total. The van der Waals surface area contributed by atoms with E-state index < -0.39 is 27.8 Å². The molecule has 0 aliphatic carbocycles. The molecule has 0 saturated carbocycles. The van der Waals surface area contributed by atoms with Gasteiger partial charge in [0.2, 0.25) is 0 Å². The molecule has 1 aliphatic heterocycles. The summed E-state index contributed by atoms with van der Waals surface area (Å²) in [6.07, 6.45) is 1.50. The zero-order valence-corrected chi connectivity index (χ0v) is 14.1. The van der Waals surface area contributed by atoms with E-state index in [1.54, 1.807) is 0 Å². The van der Waals surface area contributed by atoms with Crippen molar-refractivity contribution in [2.75, 3.05) is 26.6 Å². The lowest BCUT2D eigenvalue weighted by molar-refractivity contribution is -0.251. The van der Waals surface area contributed by atoms with Crippen molar-refractivity contribution in [2.24, 2.45) is 0 Å². The molecule has 2 unspecified atom stereocenters. The van der Waals surface area contributed by atoms with E-state index in [9.17, 15) is 9.00 Å². The quantitative estimate of drug-likeness (QED) is 0.793. The molecule has 1 fully saturated rings. The largest absolute Gasteiger partial charge is 0.468 e. The monoisotopic (exact) mass is 326 g/mol. The van der Waals surface area contributed by atoms with Gasteiger partial charge in [-0.05, 0) is 25.0 Å². The number of carbonyl (C=O) groups is 1. The van der Waals surface area contributed by atoms with Crippen molar-refractivity contribution in [3.05, 3.63) is 35.4 Å². The van der Waals surface area contributed by atoms with Crippen LogP contribution in [0.1, 0.15) is 36.1 Å². The number of hydrogen-bond donors (Lipinski definition) is 0. The maximum Gasteiger partial charge on any atom is 0.325 e. The summed E-state index contributed by atoms with van der Waals surface area (Å²) < 4.78 is 27.8. The first-order valence-electron chi connectivity index (χ1n) is 7.12. The van der Waals surface area contributed by atoms with Gasteiger partial charge in [-0.2, -0.15) is 0 Å². The second kappa shape index (κ2) is 6.89. The molecular formula is C16H22O5S. The molecule has 1 aromatic carbocycles. The van der Waals surface area contributed by atoms with E-state index >= 15 is 0 Å². The van der Waals surface area contributed by atoms with Crippen LogP contribution < -0.4 is 0 Å². The smallest absolute Gasteiger partial charge is 0.325 e. The lowest BCUT2D eigenvalue weighted by Gasteiger charge is -2.35. The number of methoxy groups -OCH3 is 1. The predicted octanol–water partition coefficient (Wildman–Crippen LogP) is 2.15. The van der Waals surface area contributed by atoms with Gasteiger partial charge in [0.1, 0.15) is 0 Å². The molecule has 1 heterocycles. The second-order valence-electron chi connectivity index (χ2n) is 5.79. The Morgan fingerprint density at radius 3 is 2.27 bits per heavy atom. The fourth-order valence-corrected chi connectivity index (χ4v) is 3.31. The molecule has 22 heavy (non-hydrogen) atoms. The van der Waals surface area contributed by atoms with Crippen LogP contribution in [0.3, 0.4) is 0 Å². The van der Waals surface area contributed by atoms with Gasteiger partial charge in [-0.25, -0.2) is 0 Å². The van der Waals surface area contributed by atoms with Crippen LogP contribution in [0.5, 0.6) is 0 Å². The molecule has 2 rings (SSSR count). The molecule has 6 heteroatoms. The van der Waals surface area contributed by atoms with E-state index in [0.29, 0.717) is 18.8 Å². The van der Waals surface area contributed by atoms with Crippen molar-refractivity contribution < 1.29 is 23.2 Å². The first-order chi connectivity index (χ1) is 10.3. The van der Waals surface area contributed by atoms with Gasteiger partial charge in [0.25, 0.3) is 0 Å². The van der Waals surface area contributed by atoms with Gasteiger partial charge in [-0.1, -0.05) is 24.3 Å². The topological polar surface area (TPSA) is 61.8 Å². The number of benzene rings is 1. The van der Waals surface area contributed by atoms with Crippen LogP contribution in [0, 0.1) is 0 Å². The van der Waals surface area contributed by atoms with E-state index in [4.69, 9.17) is 14.2 Å². The first-order valence-corrected chi connectivity index (χ1v) is 8.74. The standard InChI is InChI=1S/C16H22O5S/c1-16(2)20-9-13(10-21-16)11-5-7-12(8-6-11)14(22(4)18)15(17)19-3/h5-8,13-14H,9-10H2,1-4H3. The van der Waals surface area contributed by atoms with Crippen molar-refractivity contribution in [1.82, 2.24) is 0 Å². The Morgan fingerprint density at radius 2 is 1.82 bits per heavy atom. The van der Waals surface area contributed by atoms with E-state index in [1.165, 1.54) is 13.4 Å². The summed E-state index contributed by atoms with van der Waals surface area (Å²) >= 11 is 0. The number of carbonyl (C=O) groups excluding carboxylic acids is 1. The van der Waals surface area contributed by atoms with Gasteiger partial charge >= 0.3 is 5.97 Å². The average Bonchev–Trinajstić information content (AvgIpc) is 2.48. The summed E-state index contributed by atoms with van der Waals surface area (Å²) in [4.78, 5) is 11.8. The van der Waals surface area contributed by atoms with Gasteiger partial charge in [-0.3, -0.25) is 9.00 Å². The Kier molecular flexibility index (Phi) is 5.36. The maximum absolute atomic E-state index is 11.8. The highest BCUT2D eigenvalue weighted by Gasteiger charge is 2.30. The Labute approximate surface area is 133 Å². The zero-order chi connectivity index (χ0) is 16.3. The molecule has 0 spiro atoms. The average molecular weight is 326 g/mol. The van der Waals surface area contributed by atoms with Crippen LogP contribution in [0.25, 0.3) is 0 Å². The molecule has 5 nitrogen and oxygen atoms in total. The molecule has 0 radical (unpaired) electrons. The third-order valence-corrected chi connectivity index (χ3v) is 4.85. The maximum atomic E-state index is 11.8. The molecule has 0 amide bonds. The Morgan fingerprint density at radius 1 is 1.27 bits per heavy atom. The second-order valence-corrected chi connectivity index (χ2v) is 7.26. The van der Waals surface area contributed by atoms with Crippen LogP contribution in [-0.2, 0) is 29.8 Å². The van der Waals surface area contributed by atoms with Gasteiger partial charge in [0.15, 0.2) is 11.0 Å². The summed E-state index contributed by atoms with van der Waals surface area (Å²) in [6.45, 7) is 4.96. The van der Waals surface area contributed by atoms with Gasteiger partial charge in [0, 0.05) is 23.0 Å². The lowest BCUT2D eigenvalue weighted by Crippen LogP contribution is -2.38. The fourth-order valence-electron chi connectivity index (χ4n) is 2.40. The van der Waals surface area contributed by atoms with Crippen molar-refractivity contribution in [1.29, 1.82) is 0 Å². The molecule has 1 saturated heterocycles.